The third kappa shape index (κ3) is 35.5. The normalized spacial score (nSPS) is 24.9. The maximum atomic E-state index is 13.1. The summed E-state index contributed by atoms with van der Waals surface area (Å²) in [6.45, 7) is 3.53. The number of ether oxygens (including phenoxy) is 6. The van der Waals surface area contributed by atoms with Crippen molar-refractivity contribution in [3.05, 3.63) is 85.1 Å². The first kappa shape index (κ1) is 70.3. The van der Waals surface area contributed by atoms with Gasteiger partial charge in [-0.3, -0.25) is 4.79 Å². The molecule has 0 aromatic rings. The van der Waals surface area contributed by atoms with E-state index in [4.69, 9.17) is 28.4 Å². The van der Waals surface area contributed by atoms with E-state index in [1.165, 1.54) is 77.0 Å². The van der Waals surface area contributed by atoms with E-state index in [-0.39, 0.29) is 19.6 Å². The molecule has 0 amide bonds. The van der Waals surface area contributed by atoms with E-state index >= 15 is 0 Å². The molecule has 0 saturated carbocycles. The molecule has 14 heteroatoms. The van der Waals surface area contributed by atoms with Crippen LogP contribution in [0.1, 0.15) is 206 Å². The van der Waals surface area contributed by atoms with Gasteiger partial charge >= 0.3 is 5.97 Å². The van der Waals surface area contributed by atoms with Gasteiger partial charge in [0.25, 0.3) is 0 Å². The van der Waals surface area contributed by atoms with Crippen LogP contribution in [0.3, 0.4) is 0 Å². The Bertz CT molecular complexity index is 1590. The number of hydrogen-bond acceptors (Lipinski definition) is 14. The van der Waals surface area contributed by atoms with Crippen LogP contribution in [0.25, 0.3) is 0 Å². The molecule has 0 bridgehead atoms. The van der Waals surface area contributed by atoms with Crippen molar-refractivity contribution in [1.29, 1.82) is 0 Å². The molecule has 444 valence electrons. The van der Waals surface area contributed by atoms with E-state index in [0.29, 0.717) is 13.0 Å². The number of allylic oxidation sites excluding steroid dienone is 14. The number of esters is 1. The van der Waals surface area contributed by atoms with Crippen LogP contribution in [-0.2, 0) is 33.2 Å². The van der Waals surface area contributed by atoms with Gasteiger partial charge in [0, 0.05) is 13.0 Å². The second-order valence-corrected chi connectivity index (χ2v) is 20.8. The molecule has 11 unspecified atom stereocenters. The highest BCUT2D eigenvalue weighted by molar-refractivity contribution is 5.69. The minimum atomic E-state index is -1.71. The maximum absolute atomic E-state index is 13.1. The molecular weight excluding hydrogens is 981 g/mol. The van der Waals surface area contributed by atoms with Crippen molar-refractivity contribution in [2.45, 2.75) is 274 Å². The topological polar surface area (TPSA) is 214 Å². The van der Waals surface area contributed by atoms with Gasteiger partial charge in [0.05, 0.1) is 26.4 Å². The standard InChI is InChI=1S/C63H108O14/c1-3-5-7-9-11-13-15-17-19-21-23-24-25-26-27-29-31-33-35-37-39-41-43-45-47-72-49-52(75-55(65)46-44-42-40-38-36-34-32-30-28-22-20-18-16-14-12-10-8-6-4-2)50-73-62-61(71)59(69)57(67)54(77-62)51-74-63-60(70)58(68)56(66)53(48-64)76-63/h5,7,11-14,17-20,23-24,28,30,52-54,56-64,66-71H,3-4,6,8-10,15-16,21-22,25-27,29,31-51H2,1-2H3/b7-5-,13-11-,14-12-,19-17-,20-18-,24-23-,30-28-. The highest BCUT2D eigenvalue weighted by Gasteiger charge is 2.47. The van der Waals surface area contributed by atoms with Gasteiger partial charge in [-0.25, -0.2) is 0 Å². The molecule has 2 rings (SSSR count). The van der Waals surface area contributed by atoms with E-state index in [0.717, 1.165) is 103 Å². The van der Waals surface area contributed by atoms with Gasteiger partial charge in [0.1, 0.15) is 54.9 Å². The molecule has 0 aromatic heterocycles. The second kappa shape index (κ2) is 49.0. The number of rotatable bonds is 48. The van der Waals surface area contributed by atoms with Crippen LogP contribution in [-0.4, -0.2) is 142 Å². The minimum Gasteiger partial charge on any atom is -0.457 e. The Hall–Kier alpha value is -2.83. The Morgan fingerprint density at radius 2 is 0.844 bits per heavy atom. The van der Waals surface area contributed by atoms with E-state index in [1.807, 2.05) is 0 Å². The first-order valence-corrected chi connectivity index (χ1v) is 30.2. The molecule has 2 aliphatic heterocycles. The molecule has 0 aromatic carbocycles. The monoisotopic (exact) mass is 1090 g/mol. The summed E-state index contributed by atoms with van der Waals surface area (Å²) in [5.41, 5.74) is 0. The lowest BCUT2D eigenvalue weighted by molar-refractivity contribution is -0.332. The third-order valence-corrected chi connectivity index (χ3v) is 13.9. The van der Waals surface area contributed by atoms with Crippen LogP contribution in [0, 0.1) is 0 Å². The highest BCUT2D eigenvalue weighted by Crippen LogP contribution is 2.27. The zero-order valence-corrected chi connectivity index (χ0v) is 47.7. The Morgan fingerprint density at radius 3 is 1.32 bits per heavy atom. The summed E-state index contributed by atoms with van der Waals surface area (Å²) < 4.78 is 34.4. The van der Waals surface area contributed by atoms with E-state index < -0.39 is 86.7 Å². The van der Waals surface area contributed by atoms with Crippen molar-refractivity contribution in [3.63, 3.8) is 0 Å². The van der Waals surface area contributed by atoms with Crippen LogP contribution in [0.2, 0.25) is 0 Å². The van der Waals surface area contributed by atoms with Gasteiger partial charge < -0.3 is 64.2 Å². The van der Waals surface area contributed by atoms with Crippen molar-refractivity contribution in [1.82, 2.24) is 0 Å². The number of carbonyl (C=O) groups excluding carboxylic acids is 1. The molecule has 77 heavy (non-hydrogen) atoms. The Kier molecular flexibility index (Phi) is 44.7. The minimum absolute atomic E-state index is 0.0497. The molecule has 14 nitrogen and oxygen atoms in total. The summed E-state index contributed by atoms with van der Waals surface area (Å²) in [5.74, 6) is -0.391. The molecule has 2 aliphatic rings. The SMILES string of the molecule is CC/C=C\C/C=C\C/C=C\C/C=C\CCCCCCCCCCCCCOCC(COC1OC(COC2OC(CO)C(O)C(O)C2O)C(O)C(O)C1O)OC(=O)CCCCCCCC/C=C\C/C=C\C/C=C\CCCCC. The lowest BCUT2D eigenvalue weighted by Gasteiger charge is -2.42. The van der Waals surface area contributed by atoms with Crippen LogP contribution < -0.4 is 0 Å². The largest absolute Gasteiger partial charge is 0.457 e. The second-order valence-electron chi connectivity index (χ2n) is 20.8. The fraction of sp³-hybridized carbons (Fsp3) is 0.762. The van der Waals surface area contributed by atoms with Gasteiger partial charge in [0.15, 0.2) is 12.6 Å². The van der Waals surface area contributed by atoms with E-state index in [2.05, 4.69) is 98.9 Å². The van der Waals surface area contributed by atoms with Gasteiger partial charge in [-0.15, -0.1) is 0 Å². The molecule has 0 aliphatic carbocycles. The van der Waals surface area contributed by atoms with Crippen LogP contribution in [0.15, 0.2) is 85.1 Å². The van der Waals surface area contributed by atoms with Crippen molar-refractivity contribution in [2.75, 3.05) is 33.0 Å². The first-order valence-electron chi connectivity index (χ1n) is 30.2. The molecular formula is C63H108O14. The maximum Gasteiger partial charge on any atom is 0.306 e. The Labute approximate surface area is 465 Å². The molecule has 2 saturated heterocycles. The molecule has 7 N–H and O–H groups in total. The fourth-order valence-electron chi connectivity index (χ4n) is 9.05. The Morgan fingerprint density at radius 1 is 0.442 bits per heavy atom. The summed E-state index contributed by atoms with van der Waals surface area (Å²) in [7, 11) is 0. The van der Waals surface area contributed by atoms with Gasteiger partial charge in [-0.05, 0) is 89.9 Å². The van der Waals surface area contributed by atoms with Crippen molar-refractivity contribution in [2.24, 2.45) is 0 Å². The van der Waals surface area contributed by atoms with Crippen LogP contribution >= 0.6 is 0 Å². The number of unbranched alkanes of at least 4 members (excludes halogenated alkanes) is 20. The fourth-order valence-corrected chi connectivity index (χ4v) is 9.05. The van der Waals surface area contributed by atoms with Gasteiger partial charge in [-0.1, -0.05) is 195 Å². The van der Waals surface area contributed by atoms with E-state index in [9.17, 15) is 40.5 Å². The van der Waals surface area contributed by atoms with Gasteiger partial charge in [0.2, 0.25) is 0 Å². The third-order valence-electron chi connectivity index (χ3n) is 13.9. The summed E-state index contributed by atoms with van der Waals surface area (Å²) >= 11 is 0. The van der Waals surface area contributed by atoms with E-state index in [1.54, 1.807) is 0 Å². The predicted octanol–water partition coefficient (Wildman–Crippen LogP) is 11.2. The first-order chi connectivity index (χ1) is 37.6. The molecule has 11 atom stereocenters. The quantitative estimate of drug-likeness (QED) is 0.0172. The molecule has 2 fully saturated rings. The lowest BCUT2D eigenvalue weighted by Crippen LogP contribution is -2.61. The van der Waals surface area contributed by atoms with Crippen LogP contribution in [0.5, 0.6) is 0 Å². The predicted molar refractivity (Wildman–Crippen MR) is 307 cm³/mol. The zero-order chi connectivity index (χ0) is 55.8. The summed E-state index contributed by atoms with van der Waals surface area (Å²) in [4.78, 5) is 13.1. The van der Waals surface area contributed by atoms with Crippen molar-refractivity contribution >= 4 is 5.97 Å². The number of aliphatic hydroxyl groups excluding tert-OH is 7. The molecule has 2 heterocycles. The summed E-state index contributed by atoms with van der Waals surface area (Å²) in [6.07, 6.45) is 47.8. The van der Waals surface area contributed by atoms with Crippen molar-refractivity contribution < 1.29 is 69.0 Å². The molecule has 0 radical (unpaired) electrons. The zero-order valence-electron chi connectivity index (χ0n) is 47.7. The highest BCUT2D eigenvalue weighted by atomic mass is 16.7. The summed E-state index contributed by atoms with van der Waals surface area (Å²) in [6, 6.07) is 0. The smallest absolute Gasteiger partial charge is 0.306 e. The van der Waals surface area contributed by atoms with Crippen molar-refractivity contribution in [3.8, 4) is 0 Å². The number of hydrogen-bond donors (Lipinski definition) is 7. The average Bonchev–Trinajstić information content (AvgIpc) is 3.43. The number of aliphatic hydroxyl groups is 7. The van der Waals surface area contributed by atoms with Crippen LogP contribution in [0.4, 0.5) is 0 Å². The average molecular weight is 1090 g/mol. The Balaban J connectivity index is 1.71. The summed E-state index contributed by atoms with van der Waals surface area (Å²) in [5, 5.41) is 72.4. The lowest BCUT2D eigenvalue weighted by atomic mass is 9.98. The van der Waals surface area contributed by atoms with Gasteiger partial charge in [-0.2, -0.15) is 0 Å². The molecule has 0 spiro atoms. The number of carbonyl (C=O) groups is 1.